The van der Waals surface area contributed by atoms with Gasteiger partial charge in [0.1, 0.15) is 5.82 Å². The summed E-state index contributed by atoms with van der Waals surface area (Å²) in [5, 5.41) is 0.570. The molecule has 0 N–H and O–H groups in total. The van der Waals surface area contributed by atoms with Crippen LogP contribution in [0.4, 0.5) is 4.39 Å². The van der Waals surface area contributed by atoms with E-state index in [4.69, 9.17) is 4.74 Å². The van der Waals surface area contributed by atoms with Gasteiger partial charge < -0.3 is 4.74 Å². The Labute approximate surface area is 85.0 Å². The van der Waals surface area contributed by atoms with Crippen LogP contribution in [0.1, 0.15) is 17.0 Å². The minimum Gasteiger partial charge on any atom is -0.380 e. The second kappa shape index (κ2) is 3.76. The molecule has 0 aromatic heterocycles. The number of halogens is 2. The number of rotatable bonds is 2. The number of hydrogen-bond acceptors (Lipinski definition) is 1. The standard InChI is InChI=1S/C10H10BrFO/c11-4-8-2-1-7(3-10(8)12)9-5-13-6-9/h1-3,9H,4-6H2. The van der Waals surface area contributed by atoms with Gasteiger partial charge in [0.05, 0.1) is 13.2 Å². The van der Waals surface area contributed by atoms with E-state index in [9.17, 15) is 4.39 Å². The lowest BCUT2D eigenvalue weighted by Gasteiger charge is -2.26. The van der Waals surface area contributed by atoms with E-state index < -0.39 is 0 Å². The zero-order valence-electron chi connectivity index (χ0n) is 7.09. The van der Waals surface area contributed by atoms with Crippen LogP contribution >= 0.6 is 15.9 Å². The lowest BCUT2D eigenvalue weighted by molar-refractivity contribution is 0.00831. The fourth-order valence-corrected chi connectivity index (χ4v) is 1.81. The summed E-state index contributed by atoms with van der Waals surface area (Å²) in [6.07, 6.45) is 0. The van der Waals surface area contributed by atoms with Gasteiger partial charge in [-0.25, -0.2) is 4.39 Å². The van der Waals surface area contributed by atoms with Crippen LogP contribution in [-0.4, -0.2) is 13.2 Å². The molecular formula is C10H10BrFO. The molecule has 0 saturated carbocycles. The molecule has 2 rings (SSSR count). The van der Waals surface area contributed by atoms with Gasteiger partial charge in [-0.1, -0.05) is 28.1 Å². The lowest BCUT2D eigenvalue weighted by atomic mass is 9.96. The second-order valence-electron chi connectivity index (χ2n) is 3.22. The van der Waals surface area contributed by atoms with Crippen molar-refractivity contribution < 1.29 is 9.13 Å². The zero-order chi connectivity index (χ0) is 9.26. The summed E-state index contributed by atoms with van der Waals surface area (Å²) >= 11 is 3.24. The molecule has 1 aromatic carbocycles. The minimum absolute atomic E-state index is 0.124. The Morgan fingerprint density at radius 2 is 2.23 bits per heavy atom. The van der Waals surface area contributed by atoms with E-state index in [-0.39, 0.29) is 5.82 Å². The molecule has 1 nitrogen and oxygen atoms in total. The Morgan fingerprint density at radius 1 is 1.46 bits per heavy atom. The summed E-state index contributed by atoms with van der Waals surface area (Å²) in [4.78, 5) is 0. The zero-order valence-corrected chi connectivity index (χ0v) is 8.68. The van der Waals surface area contributed by atoms with Gasteiger partial charge >= 0.3 is 0 Å². The molecule has 70 valence electrons. The van der Waals surface area contributed by atoms with E-state index in [1.807, 2.05) is 12.1 Å². The van der Waals surface area contributed by atoms with Crippen LogP contribution in [0.5, 0.6) is 0 Å². The highest BCUT2D eigenvalue weighted by molar-refractivity contribution is 9.08. The van der Waals surface area contributed by atoms with E-state index in [1.54, 1.807) is 6.07 Å². The Bertz CT molecular complexity index is 310. The molecule has 1 aliphatic heterocycles. The van der Waals surface area contributed by atoms with Gasteiger partial charge in [-0.3, -0.25) is 0 Å². The maximum atomic E-state index is 13.3. The first-order valence-electron chi connectivity index (χ1n) is 4.23. The largest absolute Gasteiger partial charge is 0.380 e. The minimum atomic E-state index is -0.124. The molecular weight excluding hydrogens is 235 g/mol. The fourth-order valence-electron chi connectivity index (χ4n) is 1.35. The normalized spacial score (nSPS) is 17.1. The average molecular weight is 245 g/mol. The molecule has 13 heavy (non-hydrogen) atoms. The first kappa shape index (κ1) is 9.16. The van der Waals surface area contributed by atoms with Crippen LogP contribution in [0.15, 0.2) is 18.2 Å². The summed E-state index contributed by atoms with van der Waals surface area (Å²) in [6.45, 7) is 1.46. The maximum Gasteiger partial charge on any atom is 0.127 e. The van der Waals surface area contributed by atoms with Crippen LogP contribution < -0.4 is 0 Å². The van der Waals surface area contributed by atoms with E-state index in [2.05, 4.69) is 15.9 Å². The third-order valence-corrected chi connectivity index (χ3v) is 2.93. The molecule has 1 aromatic rings. The van der Waals surface area contributed by atoms with E-state index in [1.165, 1.54) is 0 Å². The summed E-state index contributed by atoms with van der Waals surface area (Å²) in [5.41, 5.74) is 1.76. The van der Waals surface area contributed by atoms with Crippen molar-refractivity contribution >= 4 is 15.9 Å². The van der Waals surface area contributed by atoms with Gasteiger partial charge in [-0.05, 0) is 17.2 Å². The molecule has 3 heteroatoms. The highest BCUT2D eigenvalue weighted by atomic mass is 79.9. The summed E-state index contributed by atoms with van der Waals surface area (Å²) in [6, 6.07) is 5.42. The molecule has 0 atom stereocenters. The molecule has 0 spiro atoms. The third-order valence-electron chi connectivity index (χ3n) is 2.33. The molecule has 0 radical (unpaired) electrons. The van der Waals surface area contributed by atoms with Gasteiger partial charge in [0, 0.05) is 11.2 Å². The molecule has 1 saturated heterocycles. The average Bonchev–Trinajstić information content (AvgIpc) is 2.01. The maximum absolute atomic E-state index is 13.3. The van der Waals surface area contributed by atoms with Crippen LogP contribution in [0.25, 0.3) is 0 Å². The smallest absolute Gasteiger partial charge is 0.127 e. The molecule has 0 unspecified atom stereocenters. The Hall–Kier alpha value is -0.410. The molecule has 1 heterocycles. The van der Waals surface area contributed by atoms with Crippen LogP contribution in [0, 0.1) is 5.82 Å². The van der Waals surface area contributed by atoms with E-state index in [0.717, 1.165) is 18.8 Å². The highest BCUT2D eigenvalue weighted by Gasteiger charge is 2.21. The van der Waals surface area contributed by atoms with Crippen molar-refractivity contribution in [2.45, 2.75) is 11.2 Å². The van der Waals surface area contributed by atoms with Gasteiger partial charge in [-0.15, -0.1) is 0 Å². The first-order valence-corrected chi connectivity index (χ1v) is 5.35. The van der Waals surface area contributed by atoms with E-state index in [0.29, 0.717) is 16.8 Å². The van der Waals surface area contributed by atoms with Gasteiger partial charge in [-0.2, -0.15) is 0 Å². The number of alkyl halides is 1. The van der Waals surface area contributed by atoms with E-state index >= 15 is 0 Å². The first-order chi connectivity index (χ1) is 6.31. The topological polar surface area (TPSA) is 9.23 Å². The molecule has 1 aliphatic rings. The number of ether oxygens (including phenoxy) is 1. The van der Waals surface area contributed by atoms with Crippen molar-refractivity contribution in [1.82, 2.24) is 0 Å². The van der Waals surface area contributed by atoms with Crippen molar-refractivity contribution in [3.8, 4) is 0 Å². The van der Waals surface area contributed by atoms with Gasteiger partial charge in [0.2, 0.25) is 0 Å². The predicted molar refractivity (Wildman–Crippen MR) is 52.6 cm³/mol. The Kier molecular flexibility index (Phi) is 2.65. The highest BCUT2D eigenvalue weighted by Crippen LogP contribution is 2.25. The summed E-state index contributed by atoms with van der Waals surface area (Å²) in [5.74, 6) is 0.278. The molecule has 0 aliphatic carbocycles. The van der Waals surface area contributed by atoms with Crippen LogP contribution in [-0.2, 0) is 10.1 Å². The van der Waals surface area contributed by atoms with Crippen molar-refractivity contribution in [1.29, 1.82) is 0 Å². The van der Waals surface area contributed by atoms with Crippen molar-refractivity contribution in [3.63, 3.8) is 0 Å². The van der Waals surface area contributed by atoms with Gasteiger partial charge in [0.15, 0.2) is 0 Å². The SMILES string of the molecule is Fc1cc(C2COC2)ccc1CBr. The number of hydrogen-bond donors (Lipinski definition) is 0. The quantitative estimate of drug-likeness (QED) is 0.728. The fraction of sp³-hybridized carbons (Fsp3) is 0.400. The molecule has 1 fully saturated rings. The molecule has 0 amide bonds. The number of benzene rings is 1. The Balaban J connectivity index is 2.24. The predicted octanol–water partition coefficient (Wildman–Crippen LogP) is 2.83. The summed E-state index contributed by atoms with van der Waals surface area (Å²) < 4.78 is 18.4. The van der Waals surface area contributed by atoms with Crippen molar-refractivity contribution in [3.05, 3.63) is 35.1 Å². The van der Waals surface area contributed by atoms with Crippen LogP contribution in [0.2, 0.25) is 0 Å². The second-order valence-corrected chi connectivity index (χ2v) is 3.78. The summed E-state index contributed by atoms with van der Waals surface area (Å²) in [7, 11) is 0. The Morgan fingerprint density at radius 3 is 2.69 bits per heavy atom. The monoisotopic (exact) mass is 244 g/mol. The van der Waals surface area contributed by atoms with Crippen molar-refractivity contribution in [2.75, 3.05) is 13.2 Å². The lowest BCUT2D eigenvalue weighted by Crippen LogP contribution is -2.25. The molecule has 0 bridgehead atoms. The third kappa shape index (κ3) is 1.76. The van der Waals surface area contributed by atoms with Crippen LogP contribution in [0.3, 0.4) is 0 Å². The van der Waals surface area contributed by atoms with Crippen molar-refractivity contribution in [2.24, 2.45) is 0 Å². The van der Waals surface area contributed by atoms with Gasteiger partial charge in [0.25, 0.3) is 0 Å².